The van der Waals surface area contributed by atoms with Crippen LogP contribution < -0.4 is 10.2 Å². The molecule has 0 unspecified atom stereocenters. The second kappa shape index (κ2) is 9.63. The number of hydrogen-bond acceptors (Lipinski definition) is 7. The molecule has 3 aromatic rings. The zero-order chi connectivity index (χ0) is 23.4. The minimum atomic E-state index is -0.576. The molecule has 0 atom stereocenters. The lowest BCUT2D eigenvalue weighted by Crippen LogP contribution is -2.38. The molecule has 1 aliphatic rings. The predicted octanol–water partition coefficient (Wildman–Crippen LogP) is 4.43. The number of nitro groups is 1. The van der Waals surface area contributed by atoms with Gasteiger partial charge in [-0.05, 0) is 43.2 Å². The van der Waals surface area contributed by atoms with Crippen molar-refractivity contribution >= 4 is 34.7 Å². The van der Waals surface area contributed by atoms with E-state index in [-0.39, 0.29) is 28.8 Å². The lowest BCUT2D eigenvalue weighted by molar-refractivity contribution is -0.384. The number of non-ortho nitro benzene ring substituents is 1. The quantitative estimate of drug-likeness (QED) is 0.439. The number of carbonyl (C=O) groups excluding carboxylic acids is 1. The summed E-state index contributed by atoms with van der Waals surface area (Å²) in [6, 6.07) is 16.9. The van der Waals surface area contributed by atoms with Crippen molar-refractivity contribution in [1.29, 1.82) is 5.26 Å². The van der Waals surface area contributed by atoms with E-state index in [1.807, 2.05) is 30.3 Å². The van der Waals surface area contributed by atoms with Crippen molar-refractivity contribution < 1.29 is 9.72 Å². The fourth-order valence-electron chi connectivity index (χ4n) is 3.72. The third kappa shape index (κ3) is 5.07. The van der Waals surface area contributed by atoms with Gasteiger partial charge in [0.2, 0.25) is 5.91 Å². The molecule has 1 aromatic heterocycles. The number of aromatic nitrogens is 2. The Hall–Kier alpha value is -4.03. The second-order valence-electron chi connectivity index (χ2n) is 7.63. The summed E-state index contributed by atoms with van der Waals surface area (Å²) in [6.07, 6.45) is 1.22. The number of halogens is 1. The highest BCUT2D eigenvalue weighted by atomic mass is 35.5. The zero-order valence-electron chi connectivity index (χ0n) is 17.4. The number of nitrogens with one attached hydrogen (secondary N) is 1. The minimum absolute atomic E-state index is 0.0611. The van der Waals surface area contributed by atoms with Crippen LogP contribution in [0.1, 0.15) is 18.4 Å². The highest BCUT2D eigenvalue weighted by Crippen LogP contribution is 2.26. The van der Waals surface area contributed by atoms with E-state index in [1.54, 1.807) is 12.1 Å². The van der Waals surface area contributed by atoms with Crippen molar-refractivity contribution in [3.05, 3.63) is 75.3 Å². The predicted molar refractivity (Wildman–Crippen MR) is 124 cm³/mol. The van der Waals surface area contributed by atoms with Gasteiger partial charge in [-0.2, -0.15) is 5.26 Å². The van der Waals surface area contributed by atoms with Gasteiger partial charge in [0.05, 0.1) is 21.9 Å². The Morgan fingerprint density at radius 1 is 1.12 bits per heavy atom. The van der Waals surface area contributed by atoms with Gasteiger partial charge in [-0.25, -0.2) is 0 Å². The van der Waals surface area contributed by atoms with Crippen LogP contribution in [0.4, 0.5) is 17.2 Å². The molecule has 33 heavy (non-hydrogen) atoms. The number of nitrogens with zero attached hydrogens (tertiary/aromatic N) is 5. The van der Waals surface area contributed by atoms with E-state index in [2.05, 4.69) is 20.4 Å². The van der Waals surface area contributed by atoms with Gasteiger partial charge in [-0.15, -0.1) is 10.2 Å². The van der Waals surface area contributed by atoms with Gasteiger partial charge >= 0.3 is 0 Å². The molecule has 4 rings (SSSR count). The average molecular weight is 463 g/mol. The maximum Gasteiger partial charge on any atom is 0.270 e. The number of carbonyl (C=O) groups is 1. The van der Waals surface area contributed by atoms with Crippen LogP contribution in [0, 0.1) is 27.4 Å². The number of nitriles is 1. The molecule has 1 fully saturated rings. The normalized spacial score (nSPS) is 13.9. The molecule has 0 saturated carbocycles. The van der Waals surface area contributed by atoms with Crippen LogP contribution in [0.5, 0.6) is 0 Å². The number of nitro benzene ring substituents is 1. The first-order chi connectivity index (χ1) is 15.9. The number of rotatable bonds is 5. The molecule has 0 aliphatic carbocycles. The fraction of sp³-hybridized carbons (Fsp3) is 0.217. The topological polar surface area (TPSA) is 125 Å². The summed E-state index contributed by atoms with van der Waals surface area (Å²) in [6.45, 7) is 1.27. The lowest BCUT2D eigenvalue weighted by Gasteiger charge is -2.31. The maximum atomic E-state index is 12.7. The number of benzene rings is 2. The number of piperidine rings is 1. The van der Waals surface area contributed by atoms with Gasteiger partial charge in [0, 0.05) is 41.7 Å². The van der Waals surface area contributed by atoms with Gasteiger partial charge in [0.25, 0.3) is 5.69 Å². The Morgan fingerprint density at radius 3 is 2.45 bits per heavy atom. The highest BCUT2D eigenvalue weighted by molar-refractivity contribution is 6.30. The van der Waals surface area contributed by atoms with Crippen molar-refractivity contribution in [2.75, 3.05) is 23.3 Å². The Kier molecular flexibility index (Phi) is 6.47. The van der Waals surface area contributed by atoms with E-state index in [0.29, 0.717) is 31.0 Å². The largest absolute Gasteiger partial charge is 0.355 e. The Morgan fingerprint density at radius 2 is 1.85 bits per heavy atom. The third-order valence-electron chi connectivity index (χ3n) is 5.57. The molecule has 0 bridgehead atoms. The van der Waals surface area contributed by atoms with Crippen molar-refractivity contribution in [2.45, 2.75) is 12.8 Å². The first-order valence-electron chi connectivity index (χ1n) is 10.3. The van der Waals surface area contributed by atoms with Gasteiger partial charge in [-0.1, -0.05) is 23.7 Å². The molecule has 2 aromatic carbocycles. The van der Waals surface area contributed by atoms with Gasteiger partial charge in [-0.3, -0.25) is 14.9 Å². The summed E-state index contributed by atoms with van der Waals surface area (Å²) < 4.78 is 0. The molecular formula is C23H19ClN6O3. The highest BCUT2D eigenvalue weighted by Gasteiger charge is 2.26. The van der Waals surface area contributed by atoms with Crippen LogP contribution in [0.2, 0.25) is 5.02 Å². The second-order valence-corrected chi connectivity index (χ2v) is 8.07. The van der Waals surface area contributed by atoms with E-state index in [0.717, 1.165) is 23.1 Å². The molecule has 1 aliphatic heterocycles. The van der Waals surface area contributed by atoms with Crippen molar-refractivity contribution in [1.82, 2.24) is 10.2 Å². The first-order valence-corrected chi connectivity index (χ1v) is 10.7. The first kappa shape index (κ1) is 22.2. The van der Waals surface area contributed by atoms with Crippen molar-refractivity contribution in [2.24, 2.45) is 5.92 Å². The van der Waals surface area contributed by atoms with Gasteiger partial charge < -0.3 is 10.2 Å². The SMILES string of the molecule is N#Cc1cc([N+](=O)[O-])ccc1NC(=O)C1CCN(c2ccc(-c3ccc(Cl)cc3)nn2)CC1. The maximum absolute atomic E-state index is 12.7. The smallest absolute Gasteiger partial charge is 0.270 e. The molecule has 1 saturated heterocycles. The molecular weight excluding hydrogens is 444 g/mol. The summed E-state index contributed by atoms with van der Waals surface area (Å²) in [4.78, 5) is 25.1. The van der Waals surface area contributed by atoms with E-state index < -0.39 is 4.92 Å². The monoisotopic (exact) mass is 462 g/mol. The van der Waals surface area contributed by atoms with Crippen molar-refractivity contribution in [3.8, 4) is 17.3 Å². The lowest BCUT2D eigenvalue weighted by atomic mass is 9.95. The summed E-state index contributed by atoms with van der Waals surface area (Å²) >= 11 is 5.93. The standard InChI is InChI=1S/C23H19ClN6O3/c24-18-3-1-15(2-4-18)21-7-8-22(28-27-21)29-11-9-16(10-12-29)23(31)26-20-6-5-19(30(32)33)13-17(20)14-25/h1-8,13,16H,9-12H2,(H,26,31). The van der Waals surface area contributed by atoms with Crippen LogP contribution in [0.15, 0.2) is 54.6 Å². The average Bonchev–Trinajstić information content (AvgIpc) is 2.85. The zero-order valence-corrected chi connectivity index (χ0v) is 18.2. The van der Waals surface area contributed by atoms with E-state index in [9.17, 15) is 20.2 Å². The van der Waals surface area contributed by atoms with Crippen LogP contribution in [-0.2, 0) is 4.79 Å². The molecule has 9 nitrogen and oxygen atoms in total. The molecule has 1 N–H and O–H groups in total. The number of hydrogen-bond donors (Lipinski definition) is 1. The number of anilines is 2. The summed E-state index contributed by atoms with van der Waals surface area (Å²) in [5.74, 6) is 0.308. The molecule has 10 heteroatoms. The summed E-state index contributed by atoms with van der Waals surface area (Å²) in [7, 11) is 0. The fourth-order valence-corrected chi connectivity index (χ4v) is 3.85. The Labute approximate surface area is 194 Å². The molecule has 0 radical (unpaired) electrons. The summed E-state index contributed by atoms with van der Waals surface area (Å²) in [5, 5.41) is 32.2. The molecule has 166 valence electrons. The summed E-state index contributed by atoms with van der Waals surface area (Å²) in [5.41, 5.74) is 1.82. The third-order valence-corrected chi connectivity index (χ3v) is 5.82. The van der Waals surface area contributed by atoms with Gasteiger partial charge in [0.15, 0.2) is 5.82 Å². The molecule has 1 amide bonds. The minimum Gasteiger partial charge on any atom is -0.355 e. The Bertz CT molecular complexity index is 1220. The van der Waals surface area contributed by atoms with Crippen molar-refractivity contribution in [3.63, 3.8) is 0 Å². The van der Waals surface area contributed by atoms with Crippen LogP contribution in [-0.4, -0.2) is 34.1 Å². The molecule has 2 heterocycles. The number of amides is 1. The van der Waals surface area contributed by atoms with Crippen LogP contribution in [0.25, 0.3) is 11.3 Å². The van der Waals surface area contributed by atoms with E-state index in [4.69, 9.17) is 11.6 Å². The van der Waals surface area contributed by atoms with Crippen LogP contribution in [0.3, 0.4) is 0 Å². The van der Waals surface area contributed by atoms with Gasteiger partial charge in [0.1, 0.15) is 6.07 Å². The van der Waals surface area contributed by atoms with Crippen LogP contribution >= 0.6 is 11.6 Å². The van der Waals surface area contributed by atoms with E-state index in [1.165, 1.54) is 12.1 Å². The Balaban J connectivity index is 1.36. The van der Waals surface area contributed by atoms with E-state index >= 15 is 0 Å². The molecule has 0 spiro atoms.